The molecule has 2 heterocycles. The first-order valence-electron chi connectivity index (χ1n) is 6.78. The van der Waals surface area contributed by atoms with Crippen LogP contribution < -0.4 is 10.2 Å². The second kappa shape index (κ2) is 5.69. The minimum absolute atomic E-state index is 0.00892. The fraction of sp³-hybridized carbons (Fsp3) is 0.267. The Balaban J connectivity index is 1.76. The third-order valence-corrected chi connectivity index (χ3v) is 3.82. The van der Waals surface area contributed by atoms with Gasteiger partial charge in [0.2, 0.25) is 5.91 Å². The predicted molar refractivity (Wildman–Crippen MR) is 82.6 cm³/mol. The van der Waals surface area contributed by atoms with Crippen LogP contribution in [0.2, 0.25) is 5.02 Å². The van der Waals surface area contributed by atoms with Gasteiger partial charge in [-0.25, -0.2) is 9.97 Å². The van der Waals surface area contributed by atoms with Gasteiger partial charge in [0.25, 0.3) is 0 Å². The molecule has 1 aliphatic rings. The maximum absolute atomic E-state index is 12.6. The number of aromatic nitrogens is 2. The van der Waals surface area contributed by atoms with Crippen molar-refractivity contribution in [3.05, 3.63) is 47.4 Å². The van der Waals surface area contributed by atoms with Gasteiger partial charge in [0.1, 0.15) is 23.2 Å². The van der Waals surface area contributed by atoms with E-state index in [0.29, 0.717) is 17.4 Å². The minimum Gasteiger partial charge on any atom is -0.357 e. The number of rotatable bonds is 3. The molecule has 6 heteroatoms. The molecule has 0 fully saturated rings. The first-order valence-corrected chi connectivity index (χ1v) is 7.16. The lowest BCUT2D eigenvalue weighted by molar-refractivity contribution is -0.118. The molecule has 0 saturated carbocycles. The lowest BCUT2D eigenvalue weighted by Crippen LogP contribution is -2.40. The van der Waals surface area contributed by atoms with Gasteiger partial charge in [0.05, 0.1) is 6.20 Å². The van der Waals surface area contributed by atoms with Crippen LogP contribution in [0.1, 0.15) is 12.5 Å². The van der Waals surface area contributed by atoms with Crippen LogP contribution in [0.5, 0.6) is 0 Å². The van der Waals surface area contributed by atoms with E-state index < -0.39 is 6.04 Å². The van der Waals surface area contributed by atoms with Crippen LogP contribution in [0, 0.1) is 0 Å². The Bertz CT molecular complexity index is 676. The summed E-state index contributed by atoms with van der Waals surface area (Å²) in [6.07, 6.45) is 3.79. The predicted octanol–water partition coefficient (Wildman–Crippen LogP) is 2.52. The number of hydrogen-bond acceptors (Lipinski definition) is 4. The number of nitrogens with one attached hydrogen (secondary N) is 1. The van der Waals surface area contributed by atoms with Gasteiger partial charge in [0, 0.05) is 12.2 Å². The minimum atomic E-state index is -0.413. The summed E-state index contributed by atoms with van der Waals surface area (Å²) in [5.41, 5.74) is 2.20. The monoisotopic (exact) mass is 302 g/mol. The molecule has 1 unspecified atom stereocenters. The van der Waals surface area contributed by atoms with Crippen molar-refractivity contribution in [3.63, 3.8) is 0 Å². The summed E-state index contributed by atoms with van der Waals surface area (Å²) in [4.78, 5) is 22.3. The van der Waals surface area contributed by atoms with E-state index in [2.05, 4.69) is 21.4 Å². The van der Waals surface area contributed by atoms with Crippen molar-refractivity contribution in [1.82, 2.24) is 9.97 Å². The van der Waals surface area contributed by atoms with Crippen molar-refractivity contribution >= 4 is 29.0 Å². The molecule has 1 aliphatic heterocycles. The van der Waals surface area contributed by atoms with E-state index in [1.165, 1.54) is 18.1 Å². The molecule has 2 aromatic rings. The third kappa shape index (κ3) is 2.69. The van der Waals surface area contributed by atoms with Gasteiger partial charge in [0.15, 0.2) is 0 Å². The highest BCUT2D eigenvalue weighted by Gasteiger charge is 2.28. The average molecular weight is 303 g/mol. The molecule has 108 valence electrons. The number of carbonyl (C=O) groups is 1. The maximum Gasteiger partial charge on any atom is 0.249 e. The Morgan fingerprint density at radius 3 is 3.05 bits per heavy atom. The zero-order valence-corrected chi connectivity index (χ0v) is 12.3. The van der Waals surface area contributed by atoms with Crippen LogP contribution in [-0.4, -0.2) is 28.5 Å². The first kappa shape index (κ1) is 13.8. The summed E-state index contributed by atoms with van der Waals surface area (Å²) in [6, 6.07) is 7.56. The zero-order chi connectivity index (χ0) is 14.8. The van der Waals surface area contributed by atoms with Gasteiger partial charge in [-0.15, -0.1) is 0 Å². The molecule has 21 heavy (non-hydrogen) atoms. The topological polar surface area (TPSA) is 58.1 Å². The molecule has 0 bridgehead atoms. The molecular formula is C15H15ClN4O. The SMILES string of the molecule is CC(Nc1ncncc1Cl)C(=O)N1CCc2ccccc21. The molecule has 1 aromatic carbocycles. The normalized spacial score (nSPS) is 14.7. The average Bonchev–Trinajstić information content (AvgIpc) is 2.92. The van der Waals surface area contributed by atoms with E-state index in [-0.39, 0.29) is 5.91 Å². The highest BCUT2D eigenvalue weighted by atomic mass is 35.5. The molecule has 0 saturated heterocycles. The number of anilines is 2. The number of carbonyl (C=O) groups excluding carboxylic acids is 1. The fourth-order valence-corrected chi connectivity index (χ4v) is 2.65. The molecule has 1 aromatic heterocycles. The molecule has 1 amide bonds. The maximum atomic E-state index is 12.6. The van der Waals surface area contributed by atoms with E-state index in [1.54, 1.807) is 0 Å². The molecular weight excluding hydrogens is 288 g/mol. The van der Waals surface area contributed by atoms with Crippen molar-refractivity contribution in [2.24, 2.45) is 0 Å². The Hall–Kier alpha value is -2.14. The first-order chi connectivity index (χ1) is 10.2. The van der Waals surface area contributed by atoms with Crippen molar-refractivity contribution in [1.29, 1.82) is 0 Å². The Kier molecular flexibility index (Phi) is 3.75. The van der Waals surface area contributed by atoms with Crippen LogP contribution >= 0.6 is 11.6 Å². The van der Waals surface area contributed by atoms with Crippen molar-refractivity contribution in [2.75, 3.05) is 16.8 Å². The Morgan fingerprint density at radius 1 is 1.43 bits per heavy atom. The lowest BCUT2D eigenvalue weighted by Gasteiger charge is -2.22. The highest BCUT2D eigenvalue weighted by molar-refractivity contribution is 6.32. The summed E-state index contributed by atoms with van der Waals surface area (Å²) < 4.78 is 0. The van der Waals surface area contributed by atoms with Crippen molar-refractivity contribution in [2.45, 2.75) is 19.4 Å². The molecule has 0 spiro atoms. The van der Waals surface area contributed by atoms with Crippen LogP contribution in [0.4, 0.5) is 11.5 Å². The standard InChI is InChI=1S/C15H15ClN4O/c1-10(19-14-12(16)8-17-9-18-14)15(21)20-7-6-11-4-2-3-5-13(11)20/h2-5,8-10H,6-7H2,1H3,(H,17,18,19). The van der Waals surface area contributed by atoms with Crippen molar-refractivity contribution < 1.29 is 4.79 Å². The van der Waals surface area contributed by atoms with E-state index in [0.717, 1.165) is 12.1 Å². The largest absolute Gasteiger partial charge is 0.357 e. The number of para-hydroxylation sites is 1. The van der Waals surface area contributed by atoms with E-state index >= 15 is 0 Å². The molecule has 3 rings (SSSR count). The van der Waals surface area contributed by atoms with Gasteiger partial charge < -0.3 is 10.2 Å². The lowest BCUT2D eigenvalue weighted by atomic mass is 10.2. The summed E-state index contributed by atoms with van der Waals surface area (Å²) in [5.74, 6) is 0.481. The molecule has 1 atom stereocenters. The number of halogens is 1. The number of amides is 1. The Labute approximate surface area is 128 Å². The van der Waals surface area contributed by atoms with Gasteiger partial charge in [-0.1, -0.05) is 29.8 Å². The smallest absolute Gasteiger partial charge is 0.249 e. The van der Waals surface area contributed by atoms with E-state index in [9.17, 15) is 4.79 Å². The van der Waals surface area contributed by atoms with Gasteiger partial charge in [-0.3, -0.25) is 4.79 Å². The van der Waals surface area contributed by atoms with Crippen LogP contribution in [-0.2, 0) is 11.2 Å². The number of benzene rings is 1. The summed E-state index contributed by atoms with van der Waals surface area (Å²) in [7, 11) is 0. The molecule has 0 aliphatic carbocycles. The number of fused-ring (bicyclic) bond motifs is 1. The van der Waals surface area contributed by atoms with Gasteiger partial charge in [-0.05, 0) is 25.0 Å². The Morgan fingerprint density at radius 2 is 2.24 bits per heavy atom. The summed E-state index contributed by atoms with van der Waals surface area (Å²) in [6.45, 7) is 2.52. The second-order valence-electron chi connectivity index (χ2n) is 4.95. The quantitative estimate of drug-likeness (QED) is 0.946. The van der Waals surface area contributed by atoms with Gasteiger partial charge >= 0.3 is 0 Å². The number of hydrogen-bond donors (Lipinski definition) is 1. The zero-order valence-electron chi connectivity index (χ0n) is 11.6. The summed E-state index contributed by atoms with van der Waals surface area (Å²) in [5, 5.41) is 3.45. The van der Waals surface area contributed by atoms with Crippen LogP contribution in [0.25, 0.3) is 0 Å². The third-order valence-electron chi connectivity index (χ3n) is 3.54. The number of nitrogens with zero attached hydrogens (tertiary/aromatic N) is 3. The highest BCUT2D eigenvalue weighted by Crippen LogP contribution is 2.28. The molecule has 5 nitrogen and oxygen atoms in total. The van der Waals surface area contributed by atoms with Crippen LogP contribution in [0.15, 0.2) is 36.8 Å². The second-order valence-corrected chi connectivity index (χ2v) is 5.36. The van der Waals surface area contributed by atoms with E-state index in [1.807, 2.05) is 30.0 Å². The molecule has 1 N–H and O–H groups in total. The van der Waals surface area contributed by atoms with Crippen LogP contribution in [0.3, 0.4) is 0 Å². The summed E-state index contributed by atoms with van der Waals surface area (Å²) >= 11 is 6.00. The van der Waals surface area contributed by atoms with Crippen molar-refractivity contribution in [3.8, 4) is 0 Å². The molecule has 0 radical (unpaired) electrons. The van der Waals surface area contributed by atoms with E-state index in [4.69, 9.17) is 11.6 Å². The fourth-order valence-electron chi connectivity index (χ4n) is 2.49. The van der Waals surface area contributed by atoms with Gasteiger partial charge in [-0.2, -0.15) is 0 Å².